The molecule has 0 saturated heterocycles. The van der Waals surface area contributed by atoms with Crippen LogP contribution in [0.1, 0.15) is 45.6 Å². The van der Waals surface area contributed by atoms with Gasteiger partial charge in [0.1, 0.15) is 5.60 Å². The van der Waals surface area contributed by atoms with Crippen LogP contribution in [0.15, 0.2) is 18.2 Å². The second-order valence-electron chi connectivity index (χ2n) is 7.03. The molecule has 2 aliphatic rings. The monoisotopic (exact) mass is 298 g/mol. The topological polar surface area (TPSA) is 20.2 Å². The molecule has 0 aliphatic heterocycles. The summed E-state index contributed by atoms with van der Waals surface area (Å²) in [6, 6.07) is 5.59. The summed E-state index contributed by atoms with van der Waals surface area (Å²) in [6.07, 6.45) is 3.32. The van der Waals surface area contributed by atoms with E-state index in [0.29, 0.717) is 16.0 Å². The van der Waals surface area contributed by atoms with Crippen LogP contribution in [0.3, 0.4) is 0 Å². The van der Waals surface area contributed by atoms with E-state index in [9.17, 15) is 5.11 Å². The van der Waals surface area contributed by atoms with Crippen molar-refractivity contribution in [2.24, 2.45) is 16.7 Å². The minimum atomic E-state index is -0.898. The quantitative estimate of drug-likeness (QED) is 0.771. The SMILES string of the molecule is CC12CCC(C1)C(C)(C)C2(O)c1cccc(Cl)c1Cl. The molecule has 2 bridgehead atoms. The van der Waals surface area contributed by atoms with Crippen molar-refractivity contribution in [3.63, 3.8) is 0 Å². The van der Waals surface area contributed by atoms with Crippen molar-refractivity contribution in [1.82, 2.24) is 0 Å². The van der Waals surface area contributed by atoms with E-state index >= 15 is 0 Å². The first kappa shape index (κ1) is 13.7. The Bertz CT molecular complexity index is 533. The Morgan fingerprint density at radius 3 is 2.47 bits per heavy atom. The molecule has 2 saturated carbocycles. The van der Waals surface area contributed by atoms with Gasteiger partial charge in [0.25, 0.3) is 0 Å². The summed E-state index contributed by atoms with van der Waals surface area (Å²) in [7, 11) is 0. The van der Waals surface area contributed by atoms with Gasteiger partial charge in [-0.2, -0.15) is 0 Å². The molecule has 0 amide bonds. The number of benzene rings is 1. The van der Waals surface area contributed by atoms with Crippen molar-refractivity contribution in [2.45, 2.75) is 45.6 Å². The van der Waals surface area contributed by atoms with E-state index in [1.807, 2.05) is 12.1 Å². The highest BCUT2D eigenvalue weighted by Crippen LogP contribution is 2.72. The summed E-state index contributed by atoms with van der Waals surface area (Å²) in [5.41, 5.74) is -0.370. The molecular weight excluding hydrogens is 279 g/mol. The standard InChI is InChI=1S/C16H20Cl2O/c1-14(2)10-7-8-15(3,9-10)16(14,19)11-5-4-6-12(17)13(11)18/h4-6,10,19H,7-9H2,1-3H3. The number of hydrogen-bond donors (Lipinski definition) is 1. The Labute approximate surface area is 124 Å². The molecule has 3 atom stereocenters. The average molecular weight is 299 g/mol. The summed E-state index contributed by atoms with van der Waals surface area (Å²) in [5, 5.41) is 12.6. The van der Waals surface area contributed by atoms with E-state index in [-0.39, 0.29) is 10.8 Å². The van der Waals surface area contributed by atoms with Gasteiger partial charge in [-0.1, -0.05) is 56.1 Å². The number of hydrogen-bond acceptors (Lipinski definition) is 1. The molecule has 3 unspecified atom stereocenters. The van der Waals surface area contributed by atoms with E-state index in [0.717, 1.165) is 18.4 Å². The maximum Gasteiger partial charge on any atom is 0.102 e. The lowest BCUT2D eigenvalue weighted by molar-refractivity contribution is -0.150. The van der Waals surface area contributed by atoms with Crippen molar-refractivity contribution < 1.29 is 5.11 Å². The number of aliphatic hydroxyl groups is 1. The van der Waals surface area contributed by atoms with Crippen LogP contribution in [0.5, 0.6) is 0 Å². The predicted molar refractivity (Wildman–Crippen MR) is 79.6 cm³/mol. The second kappa shape index (κ2) is 3.90. The first-order valence-corrected chi connectivity index (χ1v) is 7.66. The van der Waals surface area contributed by atoms with E-state index in [2.05, 4.69) is 20.8 Å². The maximum atomic E-state index is 11.6. The van der Waals surface area contributed by atoms with Gasteiger partial charge in [-0.15, -0.1) is 0 Å². The first-order valence-electron chi connectivity index (χ1n) is 6.91. The van der Waals surface area contributed by atoms with Crippen LogP contribution < -0.4 is 0 Å². The van der Waals surface area contributed by atoms with Crippen molar-refractivity contribution in [1.29, 1.82) is 0 Å². The number of fused-ring (bicyclic) bond motifs is 2. The molecule has 2 fully saturated rings. The highest BCUT2D eigenvalue weighted by atomic mass is 35.5. The van der Waals surface area contributed by atoms with Gasteiger partial charge >= 0.3 is 0 Å². The normalized spacial score (nSPS) is 39.8. The first-order chi connectivity index (χ1) is 8.74. The third kappa shape index (κ3) is 1.47. The lowest BCUT2D eigenvalue weighted by atomic mass is 9.58. The average Bonchev–Trinajstić information content (AvgIpc) is 2.81. The molecule has 1 aromatic carbocycles. The third-order valence-electron chi connectivity index (χ3n) is 5.91. The zero-order chi connectivity index (χ0) is 14.1. The molecule has 1 aromatic rings. The minimum Gasteiger partial charge on any atom is -0.384 e. The fourth-order valence-electron chi connectivity index (χ4n) is 4.71. The molecule has 0 radical (unpaired) electrons. The molecule has 2 aliphatic carbocycles. The second-order valence-corrected chi connectivity index (χ2v) is 7.82. The van der Waals surface area contributed by atoms with E-state index < -0.39 is 5.60 Å². The Hall–Kier alpha value is -0.240. The molecule has 0 aromatic heterocycles. The van der Waals surface area contributed by atoms with Crippen molar-refractivity contribution in [2.75, 3.05) is 0 Å². The van der Waals surface area contributed by atoms with E-state index in [4.69, 9.17) is 23.2 Å². The number of rotatable bonds is 1. The maximum absolute atomic E-state index is 11.6. The Balaban J connectivity index is 2.25. The molecule has 1 N–H and O–H groups in total. The molecule has 1 nitrogen and oxygen atoms in total. The van der Waals surface area contributed by atoms with Crippen LogP contribution in [0, 0.1) is 16.7 Å². The van der Waals surface area contributed by atoms with Gasteiger partial charge in [0.15, 0.2) is 0 Å². The van der Waals surface area contributed by atoms with Crippen LogP contribution >= 0.6 is 23.2 Å². The summed E-state index contributed by atoms with van der Waals surface area (Å²) in [6.45, 7) is 6.53. The van der Waals surface area contributed by atoms with Gasteiger partial charge in [-0.25, -0.2) is 0 Å². The van der Waals surface area contributed by atoms with Crippen LogP contribution in [0.2, 0.25) is 10.0 Å². The lowest BCUT2D eigenvalue weighted by Crippen LogP contribution is -2.51. The summed E-state index contributed by atoms with van der Waals surface area (Å²) < 4.78 is 0. The van der Waals surface area contributed by atoms with E-state index in [1.54, 1.807) is 6.07 Å². The summed E-state index contributed by atoms with van der Waals surface area (Å²) in [5.74, 6) is 0.553. The van der Waals surface area contributed by atoms with Gasteiger partial charge in [-0.05, 0) is 31.2 Å². The molecule has 19 heavy (non-hydrogen) atoms. The van der Waals surface area contributed by atoms with Gasteiger partial charge in [-0.3, -0.25) is 0 Å². The van der Waals surface area contributed by atoms with Crippen LogP contribution in [0.25, 0.3) is 0 Å². The Kier molecular flexibility index (Phi) is 2.82. The molecule has 3 heteroatoms. The highest BCUT2D eigenvalue weighted by Gasteiger charge is 2.69. The fraction of sp³-hybridized carbons (Fsp3) is 0.625. The number of halogens is 2. The highest BCUT2D eigenvalue weighted by molar-refractivity contribution is 6.42. The van der Waals surface area contributed by atoms with Gasteiger partial charge in [0.05, 0.1) is 10.0 Å². The fourth-order valence-corrected chi connectivity index (χ4v) is 5.15. The largest absolute Gasteiger partial charge is 0.384 e. The van der Waals surface area contributed by atoms with Crippen molar-refractivity contribution in [3.05, 3.63) is 33.8 Å². The molecule has 0 spiro atoms. The van der Waals surface area contributed by atoms with Crippen LogP contribution in [-0.2, 0) is 5.60 Å². The molecular formula is C16H20Cl2O. The zero-order valence-corrected chi connectivity index (χ0v) is 13.1. The zero-order valence-electron chi connectivity index (χ0n) is 11.6. The van der Waals surface area contributed by atoms with Crippen molar-refractivity contribution in [3.8, 4) is 0 Å². The van der Waals surface area contributed by atoms with E-state index in [1.165, 1.54) is 6.42 Å². The molecule has 104 valence electrons. The smallest absolute Gasteiger partial charge is 0.102 e. The molecule has 3 rings (SSSR count). The molecule has 0 heterocycles. The Morgan fingerprint density at radius 2 is 1.89 bits per heavy atom. The lowest BCUT2D eigenvalue weighted by Gasteiger charge is -2.51. The Morgan fingerprint density at radius 1 is 1.21 bits per heavy atom. The summed E-state index contributed by atoms with van der Waals surface area (Å²) in [4.78, 5) is 0. The van der Waals surface area contributed by atoms with Gasteiger partial charge in [0.2, 0.25) is 0 Å². The third-order valence-corrected chi connectivity index (χ3v) is 6.73. The van der Waals surface area contributed by atoms with Crippen LogP contribution in [-0.4, -0.2) is 5.11 Å². The minimum absolute atomic E-state index is 0.102. The van der Waals surface area contributed by atoms with Crippen molar-refractivity contribution >= 4 is 23.2 Å². The predicted octanol–water partition coefficient (Wildman–Crippen LogP) is 5.03. The summed E-state index contributed by atoms with van der Waals surface area (Å²) >= 11 is 12.5. The van der Waals surface area contributed by atoms with Gasteiger partial charge < -0.3 is 5.11 Å². The van der Waals surface area contributed by atoms with Gasteiger partial charge in [0, 0.05) is 16.4 Å². The van der Waals surface area contributed by atoms with Crippen LogP contribution in [0.4, 0.5) is 0 Å².